The average Bonchev–Trinajstić information content (AvgIpc) is 3.32. The number of hydrogen-bond acceptors (Lipinski definition) is 6. The molecule has 8 nitrogen and oxygen atoms in total. The minimum Gasteiger partial charge on any atom is -0.756 e. The molecular formula is C61H95N2O6P. The summed E-state index contributed by atoms with van der Waals surface area (Å²) in [4.78, 5) is 25.3. The van der Waals surface area contributed by atoms with Gasteiger partial charge in [-0.2, -0.15) is 0 Å². The van der Waals surface area contributed by atoms with Crippen molar-refractivity contribution in [3.05, 3.63) is 182 Å². The van der Waals surface area contributed by atoms with Crippen molar-refractivity contribution in [2.75, 3.05) is 40.9 Å². The van der Waals surface area contributed by atoms with E-state index < -0.39 is 26.6 Å². The van der Waals surface area contributed by atoms with E-state index >= 15 is 0 Å². The van der Waals surface area contributed by atoms with Crippen molar-refractivity contribution in [3.63, 3.8) is 0 Å². The molecule has 3 atom stereocenters. The number of carbonyl (C=O) groups excluding carboxylic acids is 1. The Kier molecular flexibility index (Phi) is 46.5. The largest absolute Gasteiger partial charge is 0.756 e. The second kappa shape index (κ2) is 49.6. The van der Waals surface area contributed by atoms with Crippen molar-refractivity contribution < 1.29 is 32.9 Å². The molecule has 2 N–H and O–H groups in total. The first-order chi connectivity index (χ1) is 34.0. The van der Waals surface area contributed by atoms with Crippen LogP contribution >= 0.6 is 7.82 Å². The monoisotopic (exact) mass is 983 g/mol. The van der Waals surface area contributed by atoms with Crippen molar-refractivity contribution in [3.8, 4) is 0 Å². The smallest absolute Gasteiger partial charge is 0.268 e. The highest BCUT2D eigenvalue weighted by Gasteiger charge is 2.23. The van der Waals surface area contributed by atoms with Gasteiger partial charge in [0.25, 0.3) is 7.82 Å². The lowest BCUT2D eigenvalue weighted by atomic mass is 10.1. The number of likely N-dealkylation sites (N-methyl/N-ethyl adjacent to an activating group) is 1. The fraction of sp³-hybridized carbons (Fsp3) is 0.492. The lowest BCUT2D eigenvalue weighted by Crippen LogP contribution is -2.45. The lowest BCUT2D eigenvalue weighted by Gasteiger charge is -2.29. The van der Waals surface area contributed by atoms with E-state index in [1.807, 2.05) is 40.2 Å². The van der Waals surface area contributed by atoms with Gasteiger partial charge in [-0.1, -0.05) is 189 Å². The molecule has 0 aliphatic carbocycles. The second-order valence-corrected chi connectivity index (χ2v) is 19.2. The van der Waals surface area contributed by atoms with Crippen LogP contribution in [0, 0.1) is 0 Å². The van der Waals surface area contributed by atoms with Gasteiger partial charge in [-0.15, -0.1) is 0 Å². The van der Waals surface area contributed by atoms with Crippen LogP contribution in [0.15, 0.2) is 182 Å². The molecule has 70 heavy (non-hydrogen) atoms. The van der Waals surface area contributed by atoms with E-state index in [4.69, 9.17) is 9.05 Å². The first-order valence-corrected chi connectivity index (χ1v) is 27.6. The molecule has 1 amide bonds. The molecule has 0 bridgehead atoms. The number of nitrogens with zero attached hydrogens (tertiary/aromatic N) is 1. The van der Waals surface area contributed by atoms with Gasteiger partial charge < -0.3 is 28.8 Å². The van der Waals surface area contributed by atoms with Gasteiger partial charge in [0.05, 0.1) is 39.9 Å². The third-order valence-corrected chi connectivity index (χ3v) is 11.1. The second-order valence-electron chi connectivity index (χ2n) is 17.8. The SMILES string of the molecule is C/C=C/CC/C=C/CC/C=C/C(O)C(COP(=O)([O-])OCC[N+](C)(C)C)NC(=O)CCCC/C=C\C/C=C\C/C=C\C/C=C\C/C=C\C/C=C\C/C=C\C/C=C\C/C=C\C/C=C\C/C=C\C/C=C\CC. The quantitative estimate of drug-likeness (QED) is 0.0272. The highest BCUT2D eigenvalue weighted by atomic mass is 31.2. The molecule has 0 aromatic carbocycles. The minimum atomic E-state index is -4.62. The van der Waals surface area contributed by atoms with Crippen LogP contribution < -0.4 is 10.2 Å². The van der Waals surface area contributed by atoms with Crippen molar-refractivity contribution in [2.24, 2.45) is 0 Å². The molecule has 0 saturated heterocycles. The van der Waals surface area contributed by atoms with Gasteiger partial charge in [-0.05, 0) is 129 Å². The molecule has 0 rings (SSSR count). The summed E-state index contributed by atoms with van der Waals surface area (Å²) in [6, 6.07) is -0.945. The summed E-state index contributed by atoms with van der Waals surface area (Å²) in [5.74, 6) is -0.267. The third kappa shape index (κ3) is 51.5. The Bertz CT molecular complexity index is 1780. The molecule has 3 unspecified atom stereocenters. The molecule has 0 radical (unpaired) electrons. The number of nitrogens with one attached hydrogen (secondary N) is 1. The zero-order chi connectivity index (χ0) is 51.3. The Morgan fingerprint density at radius 3 is 1.27 bits per heavy atom. The normalized spacial score (nSPS) is 15.5. The molecular weight excluding hydrogens is 888 g/mol. The molecule has 390 valence electrons. The molecule has 0 heterocycles. The maximum absolute atomic E-state index is 12.8. The Balaban J connectivity index is 4.23. The molecule has 0 aromatic rings. The van der Waals surface area contributed by atoms with Crippen LogP contribution in [-0.4, -0.2) is 68.5 Å². The standard InChI is InChI=1S/C61H95N2O6P/c1-6-8-10-12-14-16-17-18-19-20-21-22-23-24-25-26-27-28-29-30-31-32-33-34-35-36-37-38-39-40-41-42-43-44-45-47-49-51-53-55-61(65)62-59(58-69-70(66,67)68-57-56-63(3,4)5)60(64)54-52-50-48-46-15-13-11-9-7-2/h7-10,14-16,18-19,21-22,24-25,27-28,30-31,33-34,36-37,39-40,42-43,45-47,52,54,59-60,64H,6,11-13,17,20,23,26,29,32,35,38,41,44,48-51,53,55-58H2,1-5H3,(H-,62,65,66,67)/b9-7+,10-8-,16-14-,19-18-,22-21-,25-24-,28-27-,31-30-,34-33-,37-36-,40-39-,43-42-,46-15+,47-45-,54-52+. The number of phosphoric ester groups is 1. The number of quaternary nitrogens is 1. The summed E-state index contributed by atoms with van der Waals surface area (Å²) < 4.78 is 23.1. The zero-order valence-corrected chi connectivity index (χ0v) is 45.0. The Morgan fingerprint density at radius 1 is 0.529 bits per heavy atom. The summed E-state index contributed by atoms with van der Waals surface area (Å²) in [6.07, 6.45) is 81.5. The molecule has 0 aromatic heterocycles. The van der Waals surface area contributed by atoms with Gasteiger partial charge in [0.1, 0.15) is 13.2 Å². The van der Waals surface area contributed by atoms with Crippen molar-refractivity contribution in [1.29, 1.82) is 0 Å². The van der Waals surface area contributed by atoms with Crippen molar-refractivity contribution in [1.82, 2.24) is 5.32 Å². The molecule has 0 aliphatic rings. The van der Waals surface area contributed by atoms with Gasteiger partial charge in [-0.3, -0.25) is 9.36 Å². The van der Waals surface area contributed by atoms with E-state index in [1.165, 1.54) is 0 Å². The number of carbonyl (C=O) groups is 1. The van der Waals surface area contributed by atoms with Crippen LogP contribution in [0.2, 0.25) is 0 Å². The molecule has 9 heteroatoms. The van der Waals surface area contributed by atoms with Gasteiger partial charge in [0.2, 0.25) is 5.91 Å². The number of rotatable bonds is 44. The van der Waals surface area contributed by atoms with Crippen LogP contribution in [-0.2, 0) is 18.4 Å². The summed E-state index contributed by atoms with van der Waals surface area (Å²) in [6.45, 7) is 4.18. The van der Waals surface area contributed by atoms with Crippen LogP contribution in [0.3, 0.4) is 0 Å². The topological polar surface area (TPSA) is 108 Å². The van der Waals surface area contributed by atoms with Gasteiger partial charge in [-0.25, -0.2) is 0 Å². The van der Waals surface area contributed by atoms with Crippen LogP contribution in [0.5, 0.6) is 0 Å². The third-order valence-electron chi connectivity index (χ3n) is 10.2. The first kappa shape index (κ1) is 65.6. The van der Waals surface area contributed by atoms with Gasteiger partial charge in [0.15, 0.2) is 0 Å². The Hall–Kier alpha value is -4.40. The van der Waals surface area contributed by atoms with E-state index in [1.54, 1.807) is 6.08 Å². The fourth-order valence-corrected chi connectivity index (χ4v) is 6.83. The number of phosphoric acid groups is 1. The molecule has 0 saturated carbocycles. The number of amides is 1. The number of allylic oxidation sites excluding steroid dienone is 29. The highest BCUT2D eigenvalue weighted by molar-refractivity contribution is 7.45. The van der Waals surface area contributed by atoms with Crippen LogP contribution in [0.4, 0.5) is 0 Å². The van der Waals surface area contributed by atoms with E-state index in [-0.39, 0.29) is 18.9 Å². The summed E-state index contributed by atoms with van der Waals surface area (Å²) in [7, 11) is 1.17. The first-order valence-electron chi connectivity index (χ1n) is 26.1. The van der Waals surface area contributed by atoms with Gasteiger partial charge in [0, 0.05) is 6.42 Å². The lowest BCUT2D eigenvalue weighted by molar-refractivity contribution is -0.870. The molecule has 0 fully saturated rings. The van der Waals surface area contributed by atoms with Crippen LogP contribution in [0.1, 0.15) is 142 Å². The fourth-order valence-electron chi connectivity index (χ4n) is 6.11. The van der Waals surface area contributed by atoms with E-state index in [2.05, 4.69) is 176 Å². The predicted octanol–water partition coefficient (Wildman–Crippen LogP) is 15.2. The summed E-state index contributed by atoms with van der Waals surface area (Å²) in [5.41, 5.74) is 0. The Labute approximate surface area is 427 Å². The van der Waals surface area contributed by atoms with E-state index in [0.717, 1.165) is 109 Å². The number of aliphatic hydroxyl groups is 1. The van der Waals surface area contributed by atoms with Crippen molar-refractivity contribution >= 4 is 13.7 Å². The number of unbranched alkanes of at least 4 members (excludes halogenated alkanes) is 4. The van der Waals surface area contributed by atoms with Gasteiger partial charge >= 0.3 is 0 Å². The average molecular weight is 983 g/mol. The molecule has 0 aliphatic heterocycles. The summed E-state index contributed by atoms with van der Waals surface area (Å²) in [5, 5.41) is 13.7. The minimum absolute atomic E-state index is 0.0289. The Morgan fingerprint density at radius 2 is 0.886 bits per heavy atom. The predicted molar refractivity (Wildman–Crippen MR) is 301 cm³/mol. The zero-order valence-electron chi connectivity index (χ0n) is 44.1. The number of hydrogen-bond donors (Lipinski definition) is 2. The highest BCUT2D eigenvalue weighted by Crippen LogP contribution is 2.38. The summed E-state index contributed by atoms with van der Waals surface area (Å²) >= 11 is 0. The van der Waals surface area contributed by atoms with Crippen LogP contribution in [0.25, 0.3) is 0 Å². The number of aliphatic hydroxyl groups excluding tert-OH is 1. The van der Waals surface area contributed by atoms with E-state index in [9.17, 15) is 19.4 Å². The van der Waals surface area contributed by atoms with E-state index in [0.29, 0.717) is 23.9 Å². The molecule has 0 spiro atoms. The maximum atomic E-state index is 12.8. The maximum Gasteiger partial charge on any atom is 0.268 e. The van der Waals surface area contributed by atoms with Crippen molar-refractivity contribution in [2.45, 2.75) is 154 Å².